The Balaban J connectivity index is 1.69. The van der Waals surface area contributed by atoms with Gasteiger partial charge in [-0.05, 0) is 51.3 Å². The van der Waals surface area contributed by atoms with Crippen LogP contribution in [0.1, 0.15) is 39.9 Å². The molecule has 2 aliphatic heterocycles. The second kappa shape index (κ2) is 5.90. The highest BCUT2D eigenvalue weighted by Gasteiger charge is 2.31. The van der Waals surface area contributed by atoms with Gasteiger partial charge in [-0.1, -0.05) is 17.7 Å². The van der Waals surface area contributed by atoms with E-state index in [1.54, 1.807) is 0 Å². The number of piperazine rings is 1. The summed E-state index contributed by atoms with van der Waals surface area (Å²) >= 11 is 0. The first-order chi connectivity index (χ1) is 10.0. The minimum absolute atomic E-state index is 0.288. The molecular weight excluding hydrogens is 260 g/mol. The molecule has 2 aliphatic rings. The van der Waals surface area contributed by atoms with Crippen molar-refractivity contribution >= 4 is 5.78 Å². The summed E-state index contributed by atoms with van der Waals surface area (Å²) < 4.78 is 0. The van der Waals surface area contributed by atoms with E-state index in [1.165, 1.54) is 24.9 Å². The normalized spacial score (nSPS) is 23.3. The summed E-state index contributed by atoms with van der Waals surface area (Å²) in [7, 11) is 0. The number of hydrogen-bond donors (Lipinski definition) is 0. The quantitative estimate of drug-likeness (QED) is 0.798. The standard InChI is InChI=1S/C18H26N2O/c1-13-9-14(2)18(15(3)10-13)17(21)12-19-7-8-20-6-4-5-16(20)11-19/h9-10,16H,4-8,11-12H2,1-3H3. The molecule has 1 atom stereocenters. The van der Waals surface area contributed by atoms with E-state index >= 15 is 0 Å². The maximum atomic E-state index is 12.7. The Hall–Kier alpha value is -1.19. The summed E-state index contributed by atoms with van der Waals surface area (Å²) in [6.45, 7) is 11.3. The Morgan fingerprint density at radius 1 is 1.14 bits per heavy atom. The predicted molar refractivity (Wildman–Crippen MR) is 86.0 cm³/mol. The molecule has 0 saturated carbocycles. The molecule has 1 aromatic rings. The maximum Gasteiger partial charge on any atom is 0.177 e. The average molecular weight is 286 g/mol. The fraction of sp³-hybridized carbons (Fsp3) is 0.611. The number of aryl methyl sites for hydroxylation is 3. The lowest BCUT2D eigenvalue weighted by Crippen LogP contribution is -2.51. The van der Waals surface area contributed by atoms with Gasteiger partial charge in [0, 0.05) is 31.2 Å². The van der Waals surface area contributed by atoms with Crippen LogP contribution in [0.5, 0.6) is 0 Å². The molecule has 3 heteroatoms. The van der Waals surface area contributed by atoms with Crippen molar-refractivity contribution < 1.29 is 4.79 Å². The van der Waals surface area contributed by atoms with Gasteiger partial charge in [0.25, 0.3) is 0 Å². The van der Waals surface area contributed by atoms with Crippen LogP contribution < -0.4 is 0 Å². The molecular formula is C18H26N2O. The Morgan fingerprint density at radius 3 is 2.57 bits per heavy atom. The molecule has 0 amide bonds. The third-order valence-electron chi connectivity index (χ3n) is 4.99. The number of hydrogen-bond acceptors (Lipinski definition) is 3. The van der Waals surface area contributed by atoms with E-state index in [2.05, 4.69) is 42.7 Å². The highest BCUT2D eigenvalue weighted by molar-refractivity contribution is 6.00. The summed E-state index contributed by atoms with van der Waals surface area (Å²) in [6.07, 6.45) is 2.62. The number of carbonyl (C=O) groups excluding carboxylic acids is 1. The van der Waals surface area contributed by atoms with Crippen molar-refractivity contribution in [2.24, 2.45) is 0 Å². The predicted octanol–water partition coefficient (Wildman–Crippen LogP) is 2.57. The van der Waals surface area contributed by atoms with Gasteiger partial charge in [0.1, 0.15) is 0 Å². The molecule has 3 nitrogen and oxygen atoms in total. The number of ketones is 1. The molecule has 2 fully saturated rings. The zero-order chi connectivity index (χ0) is 15.0. The van der Waals surface area contributed by atoms with Crippen molar-refractivity contribution in [1.82, 2.24) is 9.80 Å². The van der Waals surface area contributed by atoms with Gasteiger partial charge in [-0.25, -0.2) is 0 Å². The van der Waals surface area contributed by atoms with Crippen LogP contribution in [-0.2, 0) is 0 Å². The fourth-order valence-electron chi connectivity index (χ4n) is 4.10. The van der Waals surface area contributed by atoms with E-state index in [0.29, 0.717) is 12.6 Å². The molecule has 3 rings (SSSR count). The summed E-state index contributed by atoms with van der Waals surface area (Å²) in [6, 6.07) is 4.93. The number of Topliss-reactive ketones (excluding diaryl/α,β-unsaturated/α-hetero) is 1. The van der Waals surface area contributed by atoms with Crippen LogP contribution in [0.4, 0.5) is 0 Å². The lowest BCUT2D eigenvalue weighted by atomic mass is 9.96. The van der Waals surface area contributed by atoms with Crippen molar-refractivity contribution in [1.29, 1.82) is 0 Å². The maximum absolute atomic E-state index is 12.7. The molecule has 1 aromatic carbocycles. The Labute approximate surface area is 127 Å². The Kier molecular flexibility index (Phi) is 4.14. The van der Waals surface area contributed by atoms with Crippen LogP contribution >= 0.6 is 0 Å². The first-order valence-electron chi connectivity index (χ1n) is 8.12. The lowest BCUT2D eigenvalue weighted by molar-refractivity contribution is 0.0783. The van der Waals surface area contributed by atoms with Crippen molar-refractivity contribution in [2.75, 3.05) is 32.7 Å². The second-order valence-electron chi connectivity index (χ2n) is 6.76. The lowest BCUT2D eigenvalue weighted by Gasteiger charge is -2.37. The highest BCUT2D eigenvalue weighted by Crippen LogP contribution is 2.22. The van der Waals surface area contributed by atoms with Crippen LogP contribution in [0, 0.1) is 20.8 Å². The first kappa shape index (κ1) is 14.7. The molecule has 0 bridgehead atoms. The van der Waals surface area contributed by atoms with Gasteiger partial charge in [0.15, 0.2) is 5.78 Å². The van der Waals surface area contributed by atoms with Gasteiger partial charge in [0.05, 0.1) is 6.54 Å². The third-order valence-corrected chi connectivity index (χ3v) is 4.99. The number of benzene rings is 1. The SMILES string of the molecule is Cc1cc(C)c(C(=O)CN2CCN3CCCC3C2)c(C)c1. The fourth-order valence-corrected chi connectivity index (χ4v) is 4.10. The number of carbonyl (C=O) groups is 1. The van der Waals surface area contributed by atoms with Crippen molar-refractivity contribution in [3.63, 3.8) is 0 Å². The molecule has 0 aliphatic carbocycles. The van der Waals surface area contributed by atoms with E-state index in [0.717, 1.165) is 36.3 Å². The van der Waals surface area contributed by atoms with Crippen LogP contribution in [0.2, 0.25) is 0 Å². The molecule has 2 heterocycles. The van der Waals surface area contributed by atoms with Crippen molar-refractivity contribution in [3.05, 3.63) is 34.4 Å². The van der Waals surface area contributed by atoms with E-state index in [4.69, 9.17) is 0 Å². The zero-order valence-corrected chi connectivity index (χ0v) is 13.5. The molecule has 0 spiro atoms. The molecule has 114 valence electrons. The van der Waals surface area contributed by atoms with Crippen molar-refractivity contribution in [3.8, 4) is 0 Å². The monoisotopic (exact) mass is 286 g/mol. The number of rotatable bonds is 3. The number of fused-ring (bicyclic) bond motifs is 1. The topological polar surface area (TPSA) is 23.6 Å². The minimum Gasteiger partial charge on any atom is -0.298 e. The van der Waals surface area contributed by atoms with Gasteiger partial charge in [0.2, 0.25) is 0 Å². The smallest absolute Gasteiger partial charge is 0.177 e. The van der Waals surface area contributed by atoms with Gasteiger partial charge in [-0.2, -0.15) is 0 Å². The van der Waals surface area contributed by atoms with Gasteiger partial charge >= 0.3 is 0 Å². The van der Waals surface area contributed by atoms with E-state index in [1.807, 2.05) is 0 Å². The molecule has 0 N–H and O–H groups in total. The molecule has 0 aromatic heterocycles. The van der Waals surface area contributed by atoms with Gasteiger partial charge in [-0.3, -0.25) is 14.6 Å². The van der Waals surface area contributed by atoms with Gasteiger partial charge < -0.3 is 0 Å². The van der Waals surface area contributed by atoms with Crippen molar-refractivity contribution in [2.45, 2.75) is 39.7 Å². The summed E-state index contributed by atoms with van der Waals surface area (Å²) in [5.41, 5.74) is 4.42. The van der Waals surface area contributed by atoms with E-state index < -0.39 is 0 Å². The summed E-state index contributed by atoms with van der Waals surface area (Å²) in [4.78, 5) is 17.6. The molecule has 21 heavy (non-hydrogen) atoms. The van der Waals surface area contributed by atoms with Crippen LogP contribution in [0.25, 0.3) is 0 Å². The molecule has 0 radical (unpaired) electrons. The van der Waals surface area contributed by atoms with Gasteiger partial charge in [-0.15, -0.1) is 0 Å². The summed E-state index contributed by atoms with van der Waals surface area (Å²) in [5.74, 6) is 0.288. The minimum atomic E-state index is 0.288. The third kappa shape index (κ3) is 3.04. The van der Waals surface area contributed by atoms with Crippen LogP contribution in [0.3, 0.4) is 0 Å². The largest absolute Gasteiger partial charge is 0.298 e. The summed E-state index contributed by atoms with van der Waals surface area (Å²) in [5, 5.41) is 0. The first-order valence-corrected chi connectivity index (χ1v) is 8.12. The highest BCUT2D eigenvalue weighted by atomic mass is 16.1. The van der Waals surface area contributed by atoms with E-state index in [-0.39, 0.29) is 5.78 Å². The molecule has 2 saturated heterocycles. The van der Waals surface area contributed by atoms with Crippen LogP contribution in [-0.4, -0.2) is 54.3 Å². The Morgan fingerprint density at radius 2 is 1.86 bits per heavy atom. The second-order valence-corrected chi connectivity index (χ2v) is 6.76. The zero-order valence-electron chi connectivity index (χ0n) is 13.5. The van der Waals surface area contributed by atoms with E-state index in [9.17, 15) is 4.79 Å². The average Bonchev–Trinajstić information content (AvgIpc) is 2.84. The Bertz CT molecular complexity index is 529. The van der Waals surface area contributed by atoms with Crippen LogP contribution in [0.15, 0.2) is 12.1 Å². The molecule has 1 unspecified atom stereocenters. The number of nitrogens with zero attached hydrogens (tertiary/aromatic N) is 2.